The molecule has 0 saturated heterocycles. The SMILES string of the molecule is O=C(CCNC(=O)c1ccccc1Cl)Nc1ccc(F)c(Cl)c1. The highest BCUT2D eigenvalue weighted by atomic mass is 35.5. The van der Waals surface area contributed by atoms with Crippen LogP contribution in [0.1, 0.15) is 16.8 Å². The summed E-state index contributed by atoms with van der Waals surface area (Å²) in [5.74, 6) is -1.24. The molecule has 2 N–H and O–H groups in total. The second kappa shape index (κ2) is 7.94. The van der Waals surface area contributed by atoms with E-state index in [1.165, 1.54) is 12.1 Å². The summed E-state index contributed by atoms with van der Waals surface area (Å²) < 4.78 is 13.0. The molecule has 0 fully saturated rings. The third-order valence-electron chi connectivity index (χ3n) is 2.96. The fourth-order valence-electron chi connectivity index (χ4n) is 1.83. The maximum absolute atomic E-state index is 13.0. The van der Waals surface area contributed by atoms with Crippen LogP contribution in [0.2, 0.25) is 10.0 Å². The number of hydrogen-bond donors (Lipinski definition) is 2. The van der Waals surface area contributed by atoms with Crippen molar-refractivity contribution in [3.63, 3.8) is 0 Å². The second-order valence-electron chi connectivity index (χ2n) is 4.66. The van der Waals surface area contributed by atoms with Crippen LogP contribution in [0.3, 0.4) is 0 Å². The average Bonchev–Trinajstić information content (AvgIpc) is 2.51. The van der Waals surface area contributed by atoms with Gasteiger partial charge in [0.1, 0.15) is 5.82 Å². The van der Waals surface area contributed by atoms with Crippen LogP contribution in [0, 0.1) is 5.82 Å². The van der Waals surface area contributed by atoms with Gasteiger partial charge in [-0.25, -0.2) is 4.39 Å². The third-order valence-corrected chi connectivity index (χ3v) is 3.58. The van der Waals surface area contributed by atoms with Gasteiger partial charge in [-0.2, -0.15) is 0 Å². The number of amides is 2. The zero-order valence-corrected chi connectivity index (χ0v) is 13.4. The normalized spacial score (nSPS) is 10.2. The lowest BCUT2D eigenvalue weighted by molar-refractivity contribution is -0.116. The average molecular weight is 355 g/mol. The van der Waals surface area contributed by atoms with Crippen LogP contribution in [0.4, 0.5) is 10.1 Å². The molecule has 7 heteroatoms. The number of rotatable bonds is 5. The van der Waals surface area contributed by atoms with E-state index in [-0.39, 0.29) is 29.8 Å². The van der Waals surface area contributed by atoms with Crippen molar-refractivity contribution in [3.8, 4) is 0 Å². The fraction of sp³-hybridized carbons (Fsp3) is 0.125. The predicted molar refractivity (Wildman–Crippen MR) is 88.4 cm³/mol. The van der Waals surface area contributed by atoms with Gasteiger partial charge in [0.15, 0.2) is 0 Å². The highest BCUT2D eigenvalue weighted by molar-refractivity contribution is 6.33. The maximum Gasteiger partial charge on any atom is 0.252 e. The summed E-state index contributed by atoms with van der Waals surface area (Å²) in [4.78, 5) is 23.7. The molecule has 0 atom stereocenters. The molecule has 0 aliphatic heterocycles. The van der Waals surface area contributed by atoms with E-state index in [4.69, 9.17) is 23.2 Å². The highest BCUT2D eigenvalue weighted by Crippen LogP contribution is 2.19. The van der Waals surface area contributed by atoms with Crippen LogP contribution in [-0.4, -0.2) is 18.4 Å². The Kier molecular flexibility index (Phi) is 5.96. The predicted octanol–water partition coefficient (Wildman–Crippen LogP) is 3.89. The summed E-state index contributed by atoms with van der Waals surface area (Å²) in [5.41, 5.74) is 0.735. The summed E-state index contributed by atoms with van der Waals surface area (Å²) in [6.45, 7) is 0.144. The molecule has 2 rings (SSSR count). The summed E-state index contributed by atoms with van der Waals surface area (Å²) in [6.07, 6.45) is 0.0607. The molecule has 0 aromatic heterocycles. The topological polar surface area (TPSA) is 58.2 Å². The van der Waals surface area contributed by atoms with E-state index in [1.54, 1.807) is 24.3 Å². The van der Waals surface area contributed by atoms with Crippen molar-refractivity contribution >= 4 is 40.7 Å². The first-order valence-electron chi connectivity index (χ1n) is 6.75. The van der Waals surface area contributed by atoms with Crippen molar-refractivity contribution < 1.29 is 14.0 Å². The molecule has 23 heavy (non-hydrogen) atoms. The largest absolute Gasteiger partial charge is 0.351 e. The minimum absolute atomic E-state index is 0.0607. The molecule has 0 bridgehead atoms. The smallest absolute Gasteiger partial charge is 0.252 e. The van der Waals surface area contributed by atoms with Crippen LogP contribution < -0.4 is 10.6 Å². The molecule has 0 radical (unpaired) electrons. The van der Waals surface area contributed by atoms with Gasteiger partial charge in [0.25, 0.3) is 5.91 Å². The lowest BCUT2D eigenvalue weighted by Gasteiger charge is -2.08. The van der Waals surface area contributed by atoms with Crippen LogP contribution in [-0.2, 0) is 4.79 Å². The number of nitrogens with one attached hydrogen (secondary N) is 2. The van der Waals surface area contributed by atoms with Crippen LogP contribution >= 0.6 is 23.2 Å². The summed E-state index contributed by atoms with van der Waals surface area (Å²) >= 11 is 11.5. The zero-order chi connectivity index (χ0) is 16.8. The molecule has 0 aliphatic rings. The Morgan fingerprint density at radius 1 is 1.04 bits per heavy atom. The Hall–Kier alpha value is -2.11. The fourth-order valence-corrected chi connectivity index (χ4v) is 2.23. The molecule has 120 valence electrons. The van der Waals surface area contributed by atoms with Gasteiger partial charge in [-0.3, -0.25) is 9.59 Å². The van der Waals surface area contributed by atoms with E-state index in [1.807, 2.05) is 0 Å². The van der Waals surface area contributed by atoms with Crippen molar-refractivity contribution in [2.75, 3.05) is 11.9 Å². The first-order valence-corrected chi connectivity index (χ1v) is 7.50. The Labute approximate surface area is 142 Å². The van der Waals surface area contributed by atoms with E-state index in [9.17, 15) is 14.0 Å². The van der Waals surface area contributed by atoms with Crippen molar-refractivity contribution in [2.24, 2.45) is 0 Å². The van der Waals surface area contributed by atoms with Gasteiger partial charge < -0.3 is 10.6 Å². The minimum atomic E-state index is -0.559. The lowest BCUT2D eigenvalue weighted by Crippen LogP contribution is -2.27. The molecule has 0 spiro atoms. The van der Waals surface area contributed by atoms with Gasteiger partial charge in [0.2, 0.25) is 5.91 Å². The van der Waals surface area contributed by atoms with E-state index >= 15 is 0 Å². The van der Waals surface area contributed by atoms with Crippen LogP contribution in [0.15, 0.2) is 42.5 Å². The Bertz CT molecular complexity index is 738. The molecule has 2 aromatic carbocycles. The van der Waals surface area contributed by atoms with Gasteiger partial charge in [0.05, 0.1) is 15.6 Å². The molecule has 0 unspecified atom stereocenters. The molecular weight excluding hydrogens is 342 g/mol. The van der Waals surface area contributed by atoms with Crippen molar-refractivity contribution in [3.05, 3.63) is 63.9 Å². The first kappa shape index (κ1) is 17.2. The molecule has 0 aliphatic carbocycles. The molecule has 4 nitrogen and oxygen atoms in total. The van der Waals surface area contributed by atoms with Gasteiger partial charge in [0, 0.05) is 18.7 Å². The molecule has 0 heterocycles. The Morgan fingerprint density at radius 2 is 1.78 bits per heavy atom. The number of anilines is 1. The van der Waals surface area contributed by atoms with Gasteiger partial charge in [-0.15, -0.1) is 0 Å². The number of hydrogen-bond acceptors (Lipinski definition) is 2. The van der Waals surface area contributed by atoms with E-state index in [0.29, 0.717) is 16.3 Å². The van der Waals surface area contributed by atoms with Crippen molar-refractivity contribution in [2.45, 2.75) is 6.42 Å². The second-order valence-corrected chi connectivity index (χ2v) is 5.48. The summed E-state index contributed by atoms with van der Waals surface area (Å²) in [7, 11) is 0. The third kappa shape index (κ3) is 4.94. The maximum atomic E-state index is 13.0. The monoisotopic (exact) mass is 354 g/mol. The molecule has 0 saturated carbocycles. The number of carbonyl (C=O) groups is 2. The van der Waals surface area contributed by atoms with Crippen molar-refractivity contribution in [1.82, 2.24) is 5.32 Å². The van der Waals surface area contributed by atoms with Crippen LogP contribution in [0.5, 0.6) is 0 Å². The number of carbonyl (C=O) groups excluding carboxylic acids is 2. The van der Waals surface area contributed by atoms with Crippen LogP contribution in [0.25, 0.3) is 0 Å². The van der Waals surface area contributed by atoms with Crippen molar-refractivity contribution in [1.29, 1.82) is 0 Å². The lowest BCUT2D eigenvalue weighted by atomic mass is 10.2. The minimum Gasteiger partial charge on any atom is -0.351 e. The molecular formula is C16H13Cl2FN2O2. The van der Waals surface area contributed by atoms with Gasteiger partial charge in [-0.1, -0.05) is 35.3 Å². The Balaban J connectivity index is 1.82. The molecule has 2 amide bonds. The number of benzene rings is 2. The Morgan fingerprint density at radius 3 is 2.48 bits per heavy atom. The summed E-state index contributed by atoms with van der Waals surface area (Å²) in [5, 5.41) is 5.44. The van der Waals surface area contributed by atoms with E-state index in [2.05, 4.69) is 10.6 Å². The van der Waals surface area contributed by atoms with Gasteiger partial charge in [-0.05, 0) is 30.3 Å². The van der Waals surface area contributed by atoms with E-state index < -0.39 is 5.82 Å². The highest BCUT2D eigenvalue weighted by Gasteiger charge is 2.10. The zero-order valence-electron chi connectivity index (χ0n) is 11.9. The quantitative estimate of drug-likeness (QED) is 0.855. The van der Waals surface area contributed by atoms with Gasteiger partial charge >= 0.3 is 0 Å². The number of halogens is 3. The summed E-state index contributed by atoms with van der Waals surface area (Å²) in [6, 6.07) is 10.5. The first-order chi connectivity index (χ1) is 11.0. The molecule has 2 aromatic rings. The standard InChI is InChI=1S/C16H13Cl2FN2O2/c17-12-4-2-1-3-11(12)16(23)20-8-7-15(22)21-10-5-6-14(19)13(18)9-10/h1-6,9H,7-8H2,(H,20,23)(H,21,22). The van der Waals surface area contributed by atoms with E-state index in [0.717, 1.165) is 6.07 Å².